The molecule has 1 saturated heterocycles. The molecule has 0 amide bonds. The fraction of sp³-hybridized carbons (Fsp3) is 1.00. The third-order valence-electron chi connectivity index (χ3n) is 4.92. The van der Waals surface area contributed by atoms with Crippen LogP contribution in [0.3, 0.4) is 0 Å². The Balaban J connectivity index is 1.40. The van der Waals surface area contributed by atoms with Gasteiger partial charge in [0, 0.05) is 31.8 Å². The summed E-state index contributed by atoms with van der Waals surface area (Å²) in [6, 6.07) is 1.47. The largest absolute Gasteiger partial charge is 0.389 e. The maximum absolute atomic E-state index is 10.3. The Labute approximate surface area is 122 Å². The standard InChI is InChI=1S/C16H29NO3/c18-15(12-20-16-7-9-19-10-8-16)11-17(14-5-6-14)13-3-1-2-4-13/h13-16,18H,1-12H2. The first kappa shape index (κ1) is 14.8. The Morgan fingerprint density at radius 2 is 1.65 bits per heavy atom. The monoisotopic (exact) mass is 283 g/mol. The van der Waals surface area contributed by atoms with Gasteiger partial charge in [-0.15, -0.1) is 0 Å². The molecule has 1 N–H and O–H groups in total. The van der Waals surface area contributed by atoms with Crippen molar-refractivity contribution < 1.29 is 14.6 Å². The van der Waals surface area contributed by atoms with Crippen molar-refractivity contribution in [2.75, 3.05) is 26.4 Å². The smallest absolute Gasteiger partial charge is 0.0900 e. The van der Waals surface area contributed by atoms with Gasteiger partial charge in [-0.3, -0.25) is 4.90 Å². The highest BCUT2D eigenvalue weighted by atomic mass is 16.5. The van der Waals surface area contributed by atoms with Gasteiger partial charge in [0.2, 0.25) is 0 Å². The zero-order valence-electron chi connectivity index (χ0n) is 12.5. The molecule has 4 heteroatoms. The molecular formula is C16H29NO3. The van der Waals surface area contributed by atoms with Gasteiger partial charge in [0.25, 0.3) is 0 Å². The lowest BCUT2D eigenvalue weighted by atomic mass is 10.1. The summed E-state index contributed by atoms with van der Waals surface area (Å²) in [6.45, 7) is 2.90. The Hall–Kier alpha value is -0.160. The van der Waals surface area contributed by atoms with Crippen molar-refractivity contribution >= 4 is 0 Å². The van der Waals surface area contributed by atoms with Crippen molar-refractivity contribution in [1.29, 1.82) is 0 Å². The minimum Gasteiger partial charge on any atom is -0.389 e. The molecule has 1 unspecified atom stereocenters. The summed E-state index contributed by atoms with van der Waals surface area (Å²) in [5.41, 5.74) is 0. The molecule has 1 atom stereocenters. The molecule has 3 rings (SSSR count). The zero-order valence-corrected chi connectivity index (χ0v) is 12.5. The van der Waals surface area contributed by atoms with Gasteiger partial charge in [0.05, 0.1) is 18.8 Å². The van der Waals surface area contributed by atoms with Crippen molar-refractivity contribution in [2.24, 2.45) is 0 Å². The number of hydrogen-bond donors (Lipinski definition) is 1. The third-order valence-corrected chi connectivity index (χ3v) is 4.92. The van der Waals surface area contributed by atoms with Crippen molar-refractivity contribution in [3.8, 4) is 0 Å². The summed E-state index contributed by atoms with van der Waals surface area (Å²) in [4.78, 5) is 2.57. The molecule has 0 aromatic rings. The Morgan fingerprint density at radius 1 is 1.00 bits per heavy atom. The van der Waals surface area contributed by atoms with E-state index in [0.29, 0.717) is 12.7 Å². The molecule has 116 valence electrons. The molecule has 2 aliphatic carbocycles. The molecule has 2 saturated carbocycles. The van der Waals surface area contributed by atoms with E-state index in [0.717, 1.165) is 44.7 Å². The molecule has 0 aromatic heterocycles. The molecule has 1 aliphatic heterocycles. The molecule has 0 bridgehead atoms. The van der Waals surface area contributed by atoms with E-state index in [1.165, 1.54) is 38.5 Å². The van der Waals surface area contributed by atoms with Crippen LogP contribution < -0.4 is 0 Å². The summed E-state index contributed by atoms with van der Waals surface area (Å²) < 4.78 is 11.2. The van der Waals surface area contributed by atoms with Crippen LogP contribution in [-0.4, -0.2) is 60.7 Å². The third kappa shape index (κ3) is 4.17. The highest BCUT2D eigenvalue weighted by Crippen LogP contribution is 2.34. The van der Waals surface area contributed by atoms with Gasteiger partial charge in [0.15, 0.2) is 0 Å². The van der Waals surface area contributed by atoms with Crippen LogP contribution >= 0.6 is 0 Å². The van der Waals surface area contributed by atoms with E-state index in [4.69, 9.17) is 9.47 Å². The van der Waals surface area contributed by atoms with Gasteiger partial charge < -0.3 is 14.6 Å². The molecule has 0 radical (unpaired) electrons. The maximum atomic E-state index is 10.3. The average Bonchev–Trinajstić information content (AvgIpc) is 3.18. The van der Waals surface area contributed by atoms with E-state index in [1.54, 1.807) is 0 Å². The number of aliphatic hydroxyl groups excluding tert-OH is 1. The van der Waals surface area contributed by atoms with Crippen LogP contribution in [0.1, 0.15) is 51.4 Å². The zero-order chi connectivity index (χ0) is 13.8. The summed E-state index contributed by atoms with van der Waals surface area (Å²) in [5.74, 6) is 0. The normalized spacial score (nSPS) is 27.3. The number of nitrogens with zero attached hydrogens (tertiary/aromatic N) is 1. The SMILES string of the molecule is OC(COC1CCOCC1)CN(C1CCCC1)C1CC1. The fourth-order valence-electron chi connectivity index (χ4n) is 3.62. The number of ether oxygens (including phenoxy) is 2. The van der Waals surface area contributed by atoms with Crippen LogP contribution in [0.15, 0.2) is 0 Å². The Kier molecular flexibility index (Phi) is 5.32. The van der Waals surface area contributed by atoms with E-state index in [2.05, 4.69) is 4.90 Å². The van der Waals surface area contributed by atoms with Gasteiger partial charge >= 0.3 is 0 Å². The molecule has 4 nitrogen and oxygen atoms in total. The van der Waals surface area contributed by atoms with E-state index in [9.17, 15) is 5.11 Å². The highest BCUT2D eigenvalue weighted by Gasteiger charge is 2.36. The fourth-order valence-corrected chi connectivity index (χ4v) is 3.62. The van der Waals surface area contributed by atoms with Crippen LogP contribution in [0.5, 0.6) is 0 Å². The van der Waals surface area contributed by atoms with Crippen LogP contribution in [0.25, 0.3) is 0 Å². The minimum atomic E-state index is -0.334. The first-order chi connectivity index (χ1) is 9.83. The lowest BCUT2D eigenvalue weighted by molar-refractivity contribution is -0.0665. The van der Waals surface area contributed by atoms with Gasteiger partial charge in [-0.05, 0) is 38.5 Å². The van der Waals surface area contributed by atoms with Gasteiger partial charge in [-0.25, -0.2) is 0 Å². The summed E-state index contributed by atoms with van der Waals surface area (Å²) in [5, 5.41) is 10.3. The van der Waals surface area contributed by atoms with Gasteiger partial charge in [0.1, 0.15) is 0 Å². The molecular weight excluding hydrogens is 254 g/mol. The van der Waals surface area contributed by atoms with Crippen molar-refractivity contribution in [2.45, 2.75) is 75.7 Å². The summed E-state index contributed by atoms with van der Waals surface area (Å²) >= 11 is 0. The van der Waals surface area contributed by atoms with E-state index >= 15 is 0 Å². The maximum Gasteiger partial charge on any atom is 0.0900 e. The molecule has 1 heterocycles. The Morgan fingerprint density at radius 3 is 2.30 bits per heavy atom. The quantitative estimate of drug-likeness (QED) is 0.775. The van der Waals surface area contributed by atoms with E-state index < -0.39 is 0 Å². The highest BCUT2D eigenvalue weighted by molar-refractivity contribution is 4.91. The first-order valence-electron chi connectivity index (χ1n) is 8.46. The predicted molar refractivity (Wildman–Crippen MR) is 77.8 cm³/mol. The van der Waals surface area contributed by atoms with Crippen molar-refractivity contribution in [1.82, 2.24) is 4.90 Å². The molecule has 0 spiro atoms. The number of hydrogen-bond acceptors (Lipinski definition) is 4. The van der Waals surface area contributed by atoms with E-state index in [-0.39, 0.29) is 6.10 Å². The van der Waals surface area contributed by atoms with Gasteiger partial charge in [-0.1, -0.05) is 12.8 Å². The summed E-state index contributed by atoms with van der Waals surface area (Å²) in [6.07, 6.45) is 9.93. The first-order valence-corrected chi connectivity index (χ1v) is 8.46. The predicted octanol–water partition coefficient (Wildman–Crippen LogP) is 1.95. The molecule has 0 aromatic carbocycles. The van der Waals surface area contributed by atoms with Crippen LogP contribution in [0.4, 0.5) is 0 Å². The van der Waals surface area contributed by atoms with Gasteiger partial charge in [-0.2, -0.15) is 0 Å². The number of rotatable bonds is 7. The topological polar surface area (TPSA) is 41.9 Å². The summed E-state index contributed by atoms with van der Waals surface area (Å²) in [7, 11) is 0. The average molecular weight is 283 g/mol. The minimum absolute atomic E-state index is 0.291. The lowest BCUT2D eigenvalue weighted by Gasteiger charge is -2.31. The molecule has 20 heavy (non-hydrogen) atoms. The second-order valence-electron chi connectivity index (χ2n) is 6.67. The van der Waals surface area contributed by atoms with Crippen molar-refractivity contribution in [3.63, 3.8) is 0 Å². The van der Waals surface area contributed by atoms with Crippen molar-refractivity contribution in [3.05, 3.63) is 0 Å². The lowest BCUT2D eigenvalue weighted by Crippen LogP contribution is -2.42. The van der Waals surface area contributed by atoms with E-state index in [1.807, 2.05) is 0 Å². The Bertz CT molecular complexity index is 283. The second kappa shape index (κ2) is 7.21. The van der Waals surface area contributed by atoms with Crippen LogP contribution in [-0.2, 0) is 9.47 Å². The molecule has 3 aliphatic rings. The van der Waals surface area contributed by atoms with Crippen LogP contribution in [0.2, 0.25) is 0 Å². The van der Waals surface area contributed by atoms with Crippen LogP contribution in [0, 0.1) is 0 Å². The number of aliphatic hydroxyl groups is 1. The second-order valence-corrected chi connectivity index (χ2v) is 6.67. The molecule has 3 fully saturated rings.